The Kier molecular flexibility index (Phi) is 5.60. The number of nitrogens with zero attached hydrogens (tertiary/aromatic N) is 3. The molecule has 3 rings (SSSR count). The number of nitrogens with one attached hydrogen (secondary N) is 3. The van der Waals surface area contributed by atoms with Gasteiger partial charge in [-0.1, -0.05) is 6.07 Å². The lowest BCUT2D eigenvalue weighted by Gasteiger charge is -2.11. The van der Waals surface area contributed by atoms with Crippen molar-refractivity contribution in [3.63, 3.8) is 0 Å². The molecular formula is C18H18F2N6O. The lowest BCUT2D eigenvalue weighted by molar-refractivity contribution is 0.252. The maximum absolute atomic E-state index is 13.5. The number of hydrogen-bond donors (Lipinski definition) is 3. The first-order chi connectivity index (χ1) is 13.0. The summed E-state index contributed by atoms with van der Waals surface area (Å²) in [6.45, 7) is 2.38. The molecule has 0 unspecified atom stereocenters. The summed E-state index contributed by atoms with van der Waals surface area (Å²) in [6, 6.07) is 8.23. The zero-order valence-electron chi connectivity index (χ0n) is 14.5. The number of aromatic nitrogens is 3. The monoisotopic (exact) mass is 372 g/mol. The molecule has 0 aliphatic heterocycles. The highest BCUT2D eigenvalue weighted by Gasteiger charge is 2.11. The third kappa shape index (κ3) is 4.78. The standard InChI is InChI=1S/C18H18F2N6O/c1-12-23-15(11-16(24-12)26-9-2-3-10-26)21-7-8-22-18(27)25-17-13(19)5-4-6-14(17)20/h2-6,9-11H,7-8H2,1H3,(H,21,23,24)(H2,22,25,27). The van der Waals surface area contributed by atoms with Crippen LogP contribution in [0.3, 0.4) is 0 Å². The van der Waals surface area contributed by atoms with Crippen LogP contribution in [0.2, 0.25) is 0 Å². The SMILES string of the molecule is Cc1nc(NCCNC(=O)Nc2c(F)cccc2F)cc(-n2cccc2)n1. The second-order valence-electron chi connectivity index (χ2n) is 5.65. The van der Waals surface area contributed by atoms with Gasteiger partial charge in [-0.2, -0.15) is 0 Å². The molecule has 0 aliphatic carbocycles. The zero-order valence-corrected chi connectivity index (χ0v) is 14.5. The lowest BCUT2D eigenvalue weighted by atomic mass is 10.3. The summed E-state index contributed by atoms with van der Waals surface area (Å²) in [4.78, 5) is 20.4. The first-order valence-electron chi connectivity index (χ1n) is 8.24. The predicted molar refractivity (Wildman–Crippen MR) is 98.0 cm³/mol. The Morgan fingerprint density at radius 1 is 1.07 bits per heavy atom. The number of benzene rings is 1. The van der Waals surface area contributed by atoms with E-state index in [1.54, 1.807) is 13.0 Å². The van der Waals surface area contributed by atoms with Crippen LogP contribution in [-0.4, -0.2) is 33.7 Å². The fourth-order valence-electron chi connectivity index (χ4n) is 2.40. The van der Waals surface area contributed by atoms with Crippen molar-refractivity contribution >= 4 is 17.5 Å². The van der Waals surface area contributed by atoms with E-state index >= 15 is 0 Å². The number of amides is 2. The molecule has 9 heteroatoms. The van der Waals surface area contributed by atoms with Crippen molar-refractivity contribution in [3.8, 4) is 5.82 Å². The predicted octanol–water partition coefficient (Wildman–Crippen LogP) is 3.09. The van der Waals surface area contributed by atoms with Crippen molar-refractivity contribution in [2.45, 2.75) is 6.92 Å². The quantitative estimate of drug-likeness (QED) is 0.581. The first kappa shape index (κ1) is 18.3. The topological polar surface area (TPSA) is 83.9 Å². The minimum absolute atomic E-state index is 0.226. The Balaban J connectivity index is 1.51. The maximum atomic E-state index is 13.5. The largest absolute Gasteiger partial charge is 0.368 e. The molecule has 3 N–H and O–H groups in total. The summed E-state index contributed by atoms with van der Waals surface area (Å²) in [7, 11) is 0. The Morgan fingerprint density at radius 2 is 1.78 bits per heavy atom. The number of para-hydroxylation sites is 1. The van der Waals surface area contributed by atoms with Crippen LogP contribution < -0.4 is 16.0 Å². The normalized spacial score (nSPS) is 10.5. The molecule has 2 amide bonds. The fraction of sp³-hybridized carbons (Fsp3) is 0.167. The molecule has 0 radical (unpaired) electrons. The number of urea groups is 1. The Morgan fingerprint density at radius 3 is 2.48 bits per heavy atom. The lowest BCUT2D eigenvalue weighted by Crippen LogP contribution is -2.33. The number of halogens is 2. The summed E-state index contributed by atoms with van der Waals surface area (Å²) in [5.74, 6) is 0.253. The molecular weight excluding hydrogens is 354 g/mol. The summed E-state index contributed by atoms with van der Waals surface area (Å²) in [5.41, 5.74) is -0.481. The van der Waals surface area contributed by atoms with E-state index in [9.17, 15) is 13.6 Å². The molecule has 0 fully saturated rings. The van der Waals surface area contributed by atoms with Gasteiger partial charge in [0.2, 0.25) is 0 Å². The van der Waals surface area contributed by atoms with Crippen molar-refractivity contribution < 1.29 is 13.6 Å². The smallest absolute Gasteiger partial charge is 0.319 e. The van der Waals surface area contributed by atoms with Gasteiger partial charge in [-0.3, -0.25) is 0 Å². The van der Waals surface area contributed by atoms with E-state index in [0.717, 1.165) is 18.0 Å². The molecule has 0 saturated heterocycles. The molecule has 0 saturated carbocycles. The molecule has 0 atom stereocenters. The van der Waals surface area contributed by atoms with E-state index in [4.69, 9.17) is 0 Å². The second kappa shape index (κ2) is 8.26. The van der Waals surface area contributed by atoms with Gasteiger partial charge in [-0.25, -0.2) is 23.5 Å². The van der Waals surface area contributed by atoms with Crippen molar-refractivity contribution in [2.24, 2.45) is 0 Å². The van der Waals surface area contributed by atoms with Crippen LogP contribution in [0.15, 0.2) is 48.8 Å². The fourth-order valence-corrected chi connectivity index (χ4v) is 2.40. The third-order valence-corrected chi connectivity index (χ3v) is 3.61. The van der Waals surface area contributed by atoms with Gasteiger partial charge < -0.3 is 20.5 Å². The minimum atomic E-state index is -0.836. The molecule has 3 aromatic rings. The number of anilines is 2. The highest BCUT2D eigenvalue weighted by atomic mass is 19.1. The van der Waals surface area contributed by atoms with Gasteiger partial charge in [-0.05, 0) is 31.2 Å². The molecule has 7 nitrogen and oxygen atoms in total. The average molecular weight is 372 g/mol. The van der Waals surface area contributed by atoms with Crippen molar-refractivity contribution in [1.29, 1.82) is 0 Å². The summed E-state index contributed by atoms with van der Waals surface area (Å²) in [5, 5.41) is 7.75. The third-order valence-electron chi connectivity index (χ3n) is 3.61. The number of carbonyl (C=O) groups excluding carboxylic acids is 1. The van der Waals surface area contributed by atoms with Crippen LogP contribution in [0.4, 0.5) is 25.1 Å². The van der Waals surface area contributed by atoms with Crippen LogP contribution in [0.1, 0.15) is 5.82 Å². The molecule has 2 heterocycles. The highest BCUT2D eigenvalue weighted by molar-refractivity contribution is 5.89. The van der Waals surface area contributed by atoms with Crippen LogP contribution in [0.25, 0.3) is 5.82 Å². The van der Waals surface area contributed by atoms with Gasteiger partial charge in [0.1, 0.15) is 34.8 Å². The van der Waals surface area contributed by atoms with E-state index in [1.807, 2.05) is 29.1 Å². The maximum Gasteiger partial charge on any atom is 0.319 e. The van der Waals surface area contributed by atoms with E-state index in [1.165, 1.54) is 6.07 Å². The Hall–Kier alpha value is -3.49. The van der Waals surface area contributed by atoms with E-state index in [0.29, 0.717) is 18.2 Å². The Labute approximate surface area is 154 Å². The molecule has 1 aromatic carbocycles. The van der Waals surface area contributed by atoms with E-state index < -0.39 is 23.4 Å². The molecule has 0 spiro atoms. The van der Waals surface area contributed by atoms with Gasteiger partial charge in [0.15, 0.2) is 0 Å². The van der Waals surface area contributed by atoms with Gasteiger partial charge in [0.25, 0.3) is 0 Å². The van der Waals surface area contributed by atoms with Crippen LogP contribution in [-0.2, 0) is 0 Å². The number of aryl methyl sites for hydroxylation is 1. The summed E-state index contributed by atoms with van der Waals surface area (Å²) < 4.78 is 28.9. The van der Waals surface area contributed by atoms with Gasteiger partial charge in [0, 0.05) is 31.5 Å². The van der Waals surface area contributed by atoms with Crippen molar-refractivity contribution in [3.05, 3.63) is 66.3 Å². The number of hydrogen-bond acceptors (Lipinski definition) is 4. The van der Waals surface area contributed by atoms with E-state index in [2.05, 4.69) is 25.9 Å². The molecule has 2 aromatic heterocycles. The van der Waals surface area contributed by atoms with Crippen LogP contribution >= 0.6 is 0 Å². The molecule has 0 aliphatic rings. The van der Waals surface area contributed by atoms with Crippen LogP contribution in [0, 0.1) is 18.6 Å². The minimum Gasteiger partial charge on any atom is -0.368 e. The van der Waals surface area contributed by atoms with E-state index in [-0.39, 0.29) is 6.54 Å². The first-order valence-corrected chi connectivity index (χ1v) is 8.24. The van der Waals surface area contributed by atoms with Crippen LogP contribution in [0.5, 0.6) is 0 Å². The van der Waals surface area contributed by atoms with Gasteiger partial charge in [-0.15, -0.1) is 0 Å². The average Bonchev–Trinajstić information content (AvgIpc) is 3.16. The van der Waals surface area contributed by atoms with Gasteiger partial charge in [0.05, 0.1) is 0 Å². The van der Waals surface area contributed by atoms with Crippen molar-refractivity contribution in [2.75, 3.05) is 23.7 Å². The Bertz CT molecular complexity index is 909. The molecule has 0 bridgehead atoms. The summed E-state index contributed by atoms with van der Waals surface area (Å²) >= 11 is 0. The summed E-state index contributed by atoms with van der Waals surface area (Å²) in [6.07, 6.45) is 3.75. The number of rotatable bonds is 6. The number of carbonyl (C=O) groups is 1. The second-order valence-corrected chi connectivity index (χ2v) is 5.65. The van der Waals surface area contributed by atoms with Crippen molar-refractivity contribution in [1.82, 2.24) is 19.9 Å². The molecule has 27 heavy (non-hydrogen) atoms. The van der Waals surface area contributed by atoms with Gasteiger partial charge >= 0.3 is 6.03 Å². The molecule has 140 valence electrons. The zero-order chi connectivity index (χ0) is 19.2. The highest BCUT2D eigenvalue weighted by Crippen LogP contribution is 2.17.